The van der Waals surface area contributed by atoms with Crippen molar-refractivity contribution in [2.75, 3.05) is 6.54 Å². The number of primary amides is 1. The minimum absolute atomic E-state index is 1.27. The van der Waals surface area contributed by atoms with Gasteiger partial charge >= 0.3 is 6.18 Å². The summed E-state index contributed by atoms with van der Waals surface area (Å²) >= 11 is 0. The lowest BCUT2D eigenvalue weighted by molar-refractivity contribution is -0.246. The van der Waals surface area contributed by atoms with Crippen molar-refractivity contribution >= 4 is 5.91 Å². The van der Waals surface area contributed by atoms with Crippen LogP contribution in [-0.2, 0) is 4.79 Å². The number of hydrogen-bond acceptors (Lipinski definition) is 3. The van der Waals surface area contributed by atoms with Gasteiger partial charge in [-0.25, -0.2) is 0 Å². The fraction of sp³-hybridized carbons (Fsp3) is 0.750. The Balaban J connectivity index is 4.75. The van der Waals surface area contributed by atoms with Crippen molar-refractivity contribution < 1.29 is 23.1 Å². The highest BCUT2D eigenvalue weighted by Crippen LogP contribution is 2.28. The Labute approximate surface area is 60.0 Å². The summed E-state index contributed by atoms with van der Waals surface area (Å²) in [5.41, 5.74) is 5.20. The van der Waals surface area contributed by atoms with E-state index in [-0.39, 0.29) is 0 Å². The van der Waals surface area contributed by atoms with E-state index >= 15 is 0 Å². The summed E-state index contributed by atoms with van der Waals surface area (Å²) in [4.78, 5) is 10.1. The molecule has 0 aliphatic carbocycles. The summed E-state index contributed by atoms with van der Waals surface area (Å²) in [6.45, 7) is -1.27. The summed E-state index contributed by atoms with van der Waals surface area (Å²) in [6.07, 6.45) is -5.12. The van der Waals surface area contributed by atoms with E-state index in [1.54, 1.807) is 0 Å². The van der Waals surface area contributed by atoms with Crippen molar-refractivity contribution in [1.29, 1.82) is 0 Å². The van der Waals surface area contributed by atoms with Gasteiger partial charge in [0.1, 0.15) is 0 Å². The van der Waals surface area contributed by atoms with Crippen molar-refractivity contribution in [3.8, 4) is 0 Å². The van der Waals surface area contributed by atoms with Crippen LogP contribution in [0.3, 0.4) is 0 Å². The van der Waals surface area contributed by atoms with Crippen LogP contribution in [0.4, 0.5) is 13.2 Å². The van der Waals surface area contributed by atoms with Crippen molar-refractivity contribution in [1.82, 2.24) is 0 Å². The molecule has 0 radical (unpaired) electrons. The van der Waals surface area contributed by atoms with E-state index in [1.807, 2.05) is 0 Å². The molecule has 7 heteroatoms. The molecule has 0 saturated heterocycles. The summed E-state index contributed by atoms with van der Waals surface area (Å²) in [7, 11) is 0. The smallest absolute Gasteiger partial charge is 0.372 e. The SMILES string of the molecule is NCC(O)(C(N)=O)C(F)(F)F. The number of rotatable bonds is 2. The topological polar surface area (TPSA) is 89.3 Å². The lowest BCUT2D eigenvalue weighted by Crippen LogP contribution is -2.60. The standard InChI is InChI=1S/C4H7F3N2O2/c5-4(6,7)3(11,1-8)2(9)10/h11H,1,8H2,(H2,9,10). The number of aliphatic hydroxyl groups is 1. The number of carbonyl (C=O) groups excluding carboxylic acids is 1. The summed E-state index contributed by atoms with van der Waals surface area (Å²) in [5, 5.41) is 8.51. The van der Waals surface area contributed by atoms with E-state index in [0.717, 1.165) is 0 Å². The Morgan fingerprint density at radius 2 is 1.82 bits per heavy atom. The Morgan fingerprint density at radius 1 is 1.45 bits per heavy atom. The summed E-state index contributed by atoms with van der Waals surface area (Å²) < 4.78 is 35.2. The van der Waals surface area contributed by atoms with E-state index in [4.69, 9.17) is 5.11 Å². The highest BCUT2D eigenvalue weighted by molar-refractivity contribution is 5.84. The van der Waals surface area contributed by atoms with Crippen LogP contribution in [0.5, 0.6) is 0 Å². The van der Waals surface area contributed by atoms with Gasteiger partial charge in [-0.3, -0.25) is 4.79 Å². The van der Waals surface area contributed by atoms with Gasteiger partial charge in [-0.2, -0.15) is 13.2 Å². The molecule has 66 valence electrons. The normalized spacial score (nSPS) is 17.5. The van der Waals surface area contributed by atoms with Crippen molar-refractivity contribution in [2.45, 2.75) is 11.8 Å². The molecule has 0 aliphatic heterocycles. The third kappa shape index (κ3) is 1.60. The largest absolute Gasteiger partial charge is 0.427 e. The second-order valence-corrected chi connectivity index (χ2v) is 1.93. The molecule has 5 N–H and O–H groups in total. The van der Waals surface area contributed by atoms with Gasteiger partial charge in [-0.15, -0.1) is 0 Å². The van der Waals surface area contributed by atoms with Gasteiger partial charge < -0.3 is 16.6 Å². The first-order chi connectivity index (χ1) is 4.75. The van der Waals surface area contributed by atoms with Gasteiger partial charge in [0.05, 0.1) is 0 Å². The molecule has 4 nitrogen and oxygen atoms in total. The molecule has 0 aromatic carbocycles. The van der Waals surface area contributed by atoms with E-state index < -0.39 is 24.2 Å². The number of amides is 1. The second-order valence-electron chi connectivity index (χ2n) is 1.93. The first-order valence-electron chi connectivity index (χ1n) is 2.55. The molecule has 0 aliphatic rings. The van der Waals surface area contributed by atoms with Crippen LogP contribution in [-0.4, -0.2) is 29.3 Å². The quantitative estimate of drug-likeness (QED) is 0.484. The molecular weight excluding hydrogens is 165 g/mol. The molecular formula is C4H7F3N2O2. The lowest BCUT2D eigenvalue weighted by atomic mass is 10.0. The third-order valence-electron chi connectivity index (χ3n) is 1.17. The lowest BCUT2D eigenvalue weighted by Gasteiger charge is -2.24. The monoisotopic (exact) mass is 172 g/mol. The second kappa shape index (κ2) is 2.67. The van der Waals surface area contributed by atoms with Gasteiger partial charge in [0.15, 0.2) is 0 Å². The molecule has 0 rings (SSSR count). The maximum absolute atomic E-state index is 11.7. The number of nitrogens with two attached hydrogens (primary N) is 2. The first-order valence-corrected chi connectivity index (χ1v) is 2.55. The maximum atomic E-state index is 11.7. The zero-order valence-corrected chi connectivity index (χ0v) is 5.35. The van der Waals surface area contributed by atoms with Crippen LogP contribution in [0.25, 0.3) is 0 Å². The summed E-state index contributed by atoms with van der Waals surface area (Å²) in [5.74, 6) is -1.90. The van der Waals surface area contributed by atoms with Crippen molar-refractivity contribution in [3.63, 3.8) is 0 Å². The molecule has 0 saturated carbocycles. The zero-order chi connectivity index (χ0) is 9.28. The predicted molar refractivity (Wildman–Crippen MR) is 29.3 cm³/mol. The van der Waals surface area contributed by atoms with E-state index in [2.05, 4.69) is 11.5 Å². The average molecular weight is 172 g/mol. The van der Waals surface area contributed by atoms with Gasteiger partial charge in [-0.1, -0.05) is 0 Å². The molecule has 11 heavy (non-hydrogen) atoms. The Hall–Kier alpha value is -0.820. The fourth-order valence-corrected chi connectivity index (χ4v) is 0.356. The highest BCUT2D eigenvalue weighted by atomic mass is 19.4. The third-order valence-corrected chi connectivity index (χ3v) is 1.17. The average Bonchev–Trinajstić information content (AvgIpc) is 1.83. The van der Waals surface area contributed by atoms with Gasteiger partial charge in [-0.05, 0) is 0 Å². The van der Waals surface area contributed by atoms with Crippen molar-refractivity contribution in [2.24, 2.45) is 11.5 Å². The minimum atomic E-state index is -5.12. The Bertz CT molecular complexity index is 169. The molecule has 1 atom stereocenters. The van der Waals surface area contributed by atoms with Crippen LogP contribution in [0.1, 0.15) is 0 Å². The Morgan fingerprint density at radius 3 is 1.82 bits per heavy atom. The minimum Gasteiger partial charge on any atom is -0.372 e. The number of hydrogen-bond donors (Lipinski definition) is 3. The van der Waals surface area contributed by atoms with E-state index in [1.165, 1.54) is 0 Å². The van der Waals surface area contributed by atoms with Crippen molar-refractivity contribution in [3.05, 3.63) is 0 Å². The van der Waals surface area contributed by atoms with Gasteiger partial charge in [0.25, 0.3) is 11.5 Å². The van der Waals surface area contributed by atoms with Crippen LogP contribution in [0.15, 0.2) is 0 Å². The zero-order valence-electron chi connectivity index (χ0n) is 5.35. The van der Waals surface area contributed by atoms with E-state index in [0.29, 0.717) is 0 Å². The van der Waals surface area contributed by atoms with Crippen LogP contribution in [0.2, 0.25) is 0 Å². The van der Waals surface area contributed by atoms with E-state index in [9.17, 15) is 18.0 Å². The van der Waals surface area contributed by atoms with Crippen LogP contribution >= 0.6 is 0 Å². The molecule has 1 unspecified atom stereocenters. The molecule has 0 spiro atoms. The van der Waals surface area contributed by atoms with Crippen LogP contribution in [0, 0.1) is 0 Å². The Kier molecular flexibility index (Phi) is 2.47. The first kappa shape index (κ1) is 10.2. The number of alkyl halides is 3. The molecule has 0 fully saturated rings. The molecule has 0 heterocycles. The summed E-state index contributed by atoms with van der Waals surface area (Å²) in [6, 6.07) is 0. The highest BCUT2D eigenvalue weighted by Gasteiger charge is 2.57. The molecule has 1 amide bonds. The molecule has 0 bridgehead atoms. The number of halogens is 3. The van der Waals surface area contributed by atoms with Crippen LogP contribution < -0.4 is 11.5 Å². The molecule has 0 aromatic heterocycles. The predicted octanol–water partition coefficient (Wildman–Crippen LogP) is -1.28. The molecule has 0 aromatic rings. The fourth-order valence-electron chi connectivity index (χ4n) is 0.356. The maximum Gasteiger partial charge on any atom is 0.427 e. The van der Waals surface area contributed by atoms with Gasteiger partial charge in [0, 0.05) is 6.54 Å². The van der Waals surface area contributed by atoms with Gasteiger partial charge in [0.2, 0.25) is 0 Å². The number of carbonyl (C=O) groups is 1.